The third-order valence-corrected chi connectivity index (χ3v) is 4.08. The maximum absolute atomic E-state index is 14.9. The Hall–Kier alpha value is -3.87. The second-order valence-corrected chi connectivity index (χ2v) is 5.90. The second kappa shape index (κ2) is 6.80. The number of aromatic nitrogens is 4. The van der Waals surface area contributed by atoms with Gasteiger partial charge in [-0.15, -0.1) is 0 Å². The van der Waals surface area contributed by atoms with E-state index in [1.54, 1.807) is 18.3 Å². The molecule has 0 bridgehead atoms. The summed E-state index contributed by atoms with van der Waals surface area (Å²) in [6.07, 6.45) is 6.02. The monoisotopic (exact) mass is 358 g/mol. The first-order valence-corrected chi connectivity index (χ1v) is 8.16. The van der Waals surface area contributed by atoms with E-state index < -0.39 is 0 Å². The van der Waals surface area contributed by atoms with Crippen LogP contribution in [0.4, 0.5) is 16.0 Å². The van der Waals surface area contributed by atoms with Gasteiger partial charge in [0, 0.05) is 16.7 Å². The Morgan fingerprint density at radius 1 is 0.704 bits per heavy atom. The summed E-state index contributed by atoms with van der Waals surface area (Å²) in [5, 5.41) is 0. The highest BCUT2D eigenvalue weighted by atomic mass is 19.1. The van der Waals surface area contributed by atoms with Crippen molar-refractivity contribution in [2.75, 3.05) is 11.5 Å². The van der Waals surface area contributed by atoms with Gasteiger partial charge in [0.05, 0.1) is 36.2 Å². The molecule has 0 saturated carbocycles. The smallest absolute Gasteiger partial charge is 0.142 e. The van der Waals surface area contributed by atoms with Crippen molar-refractivity contribution in [1.82, 2.24) is 19.9 Å². The van der Waals surface area contributed by atoms with Gasteiger partial charge in [-0.3, -0.25) is 9.97 Å². The fourth-order valence-electron chi connectivity index (χ4n) is 2.83. The molecule has 0 fully saturated rings. The summed E-state index contributed by atoms with van der Waals surface area (Å²) in [4.78, 5) is 16.5. The molecule has 0 aliphatic rings. The Bertz CT molecular complexity index is 1110. The summed E-state index contributed by atoms with van der Waals surface area (Å²) in [6.45, 7) is 0. The fourth-order valence-corrected chi connectivity index (χ4v) is 2.83. The van der Waals surface area contributed by atoms with E-state index in [2.05, 4.69) is 19.9 Å². The number of nitrogens with two attached hydrogens (primary N) is 2. The molecule has 0 atom stereocenters. The summed E-state index contributed by atoms with van der Waals surface area (Å²) in [5.74, 6) is 0.239. The highest BCUT2D eigenvalue weighted by molar-refractivity contribution is 5.83. The molecule has 0 radical (unpaired) electrons. The van der Waals surface area contributed by atoms with E-state index >= 15 is 0 Å². The van der Waals surface area contributed by atoms with Gasteiger partial charge in [0.2, 0.25) is 0 Å². The Morgan fingerprint density at radius 3 is 2.22 bits per heavy atom. The zero-order valence-electron chi connectivity index (χ0n) is 14.2. The predicted octanol–water partition coefficient (Wildman–Crippen LogP) is 3.57. The van der Waals surface area contributed by atoms with Crippen LogP contribution in [0.3, 0.4) is 0 Å². The van der Waals surface area contributed by atoms with E-state index in [-0.39, 0.29) is 5.82 Å². The average Bonchev–Trinajstić information content (AvgIpc) is 2.68. The number of hydrogen-bond acceptors (Lipinski definition) is 6. The first kappa shape index (κ1) is 16.6. The van der Waals surface area contributed by atoms with E-state index in [4.69, 9.17) is 11.5 Å². The third-order valence-electron chi connectivity index (χ3n) is 4.08. The summed E-state index contributed by atoms with van der Waals surface area (Å²) in [5.41, 5.74) is 14.9. The molecule has 4 rings (SSSR count). The van der Waals surface area contributed by atoms with Crippen LogP contribution < -0.4 is 11.5 Å². The minimum absolute atomic E-state index is 0.306. The summed E-state index contributed by atoms with van der Waals surface area (Å²) in [6, 6.07) is 12.3. The van der Waals surface area contributed by atoms with Crippen LogP contribution >= 0.6 is 0 Å². The molecule has 0 aliphatic heterocycles. The van der Waals surface area contributed by atoms with Crippen molar-refractivity contribution < 1.29 is 4.39 Å². The number of nitrogens with zero attached hydrogens (tertiary/aromatic N) is 4. The van der Waals surface area contributed by atoms with E-state index in [1.165, 1.54) is 24.7 Å². The van der Waals surface area contributed by atoms with Gasteiger partial charge in [-0.25, -0.2) is 14.4 Å². The molecule has 4 aromatic rings. The Balaban J connectivity index is 1.80. The van der Waals surface area contributed by atoms with Crippen molar-refractivity contribution in [2.24, 2.45) is 0 Å². The van der Waals surface area contributed by atoms with E-state index in [9.17, 15) is 4.39 Å². The first-order valence-electron chi connectivity index (χ1n) is 8.16. The molecule has 0 amide bonds. The lowest BCUT2D eigenvalue weighted by Gasteiger charge is -2.11. The zero-order chi connectivity index (χ0) is 18.8. The lowest BCUT2D eigenvalue weighted by Crippen LogP contribution is -1.96. The minimum atomic E-state index is -0.379. The molecule has 132 valence electrons. The minimum Gasteiger partial charge on any atom is -0.382 e. The number of nitrogen functional groups attached to an aromatic ring is 2. The van der Waals surface area contributed by atoms with Gasteiger partial charge in [-0.05, 0) is 11.6 Å². The fraction of sp³-hybridized carbons (Fsp3) is 0. The molecule has 0 unspecified atom stereocenters. The highest BCUT2D eigenvalue weighted by Gasteiger charge is 2.14. The molecule has 6 nitrogen and oxygen atoms in total. The molecule has 2 heterocycles. The van der Waals surface area contributed by atoms with Crippen molar-refractivity contribution in [3.8, 4) is 33.6 Å². The molecule has 0 aliphatic carbocycles. The second-order valence-electron chi connectivity index (χ2n) is 5.90. The molecule has 7 heteroatoms. The number of halogens is 1. The van der Waals surface area contributed by atoms with Crippen molar-refractivity contribution in [3.05, 3.63) is 73.1 Å². The van der Waals surface area contributed by atoms with Gasteiger partial charge in [-0.2, -0.15) is 0 Å². The zero-order valence-corrected chi connectivity index (χ0v) is 14.2. The number of benzene rings is 2. The lowest BCUT2D eigenvalue weighted by molar-refractivity contribution is 0.632. The van der Waals surface area contributed by atoms with E-state index in [0.717, 1.165) is 5.56 Å². The molecule has 27 heavy (non-hydrogen) atoms. The molecule has 4 N–H and O–H groups in total. The summed E-state index contributed by atoms with van der Waals surface area (Å²) >= 11 is 0. The van der Waals surface area contributed by atoms with Crippen molar-refractivity contribution in [3.63, 3.8) is 0 Å². The topological polar surface area (TPSA) is 104 Å². The van der Waals surface area contributed by atoms with Crippen molar-refractivity contribution >= 4 is 11.6 Å². The molecule has 0 saturated heterocycles. The van der Waals surface area contributed by atoms with Crippen LogP contribution in [-0.4, -0.2) is 19.9 Å². The lowest BCUT2D eigenvalue weighted by atomic mass is 9.96. The average molecular weight is 358 g/mol. The maximum Gasteiger partial charge on any atom is 0.142 e. The Morgan fingerprint density at radius 2 is 1.52 bits per heavy atom. The van der Waals surface area contributed by atoms with E-state index in [0.29, 0.717) is 39.7 Å². The van der Waals surface area contributed by atoms with Crippen molar-refractivity contribution in [2.45, 2.75) is 0 Å². The summed E-state index contributed by atoms with van der Waals surface area (Å²) < 4.78 is 14.9. The number of hydrogen-bond donors (Lipinski definition) is 2. The molecule has 0 spiro atoms. The maximum atomic E-state index is 14.9. The van der Waals surface area contributed by atoms with Crippen LogP contribution in [0.1, 0.15) is 0 Å². The summed E-state index contributed by atoms with van der Waals surface area (Å²) in [7, 11) is 0. The van der Waals surface area contributed by atoms with Gasteiger partial charge >= 0.3 is 0 Å². The van der Waals surface area contributed by atoms with E-state index in [1.807, 2.05) is 24.3 Å². The van der Waals surface area contributed by atoms with Gasteiger partial charge in [0.15, 0.2) is 0 Å². The predicted molar refractivity (Wildman–Crippen MR) is 103 cm³/mol. The van der Waals surface area contributed by atoms with Gasteiger partial charge < -0.3 is 11.5 Å². The van der Waals surface area contributed by atoms with Crippen LogP contribution in [0.25, 0.3) is 33.6 Å². The Labute approximate surface area is 154 Å². The van der Waals surface area contributed by atoms with Gasteiger partial charge in [0.1, 0.15) is 17.5 Å². The van der Waals surface area contributed by atoms with Crippen LogP contribution in [-0.2, 0) is 0 Å². The molecule has 2 aromatic heterocycles. The van der Waals surface area contributed by atoms with Crippen LogP contribution in [0.15, 0.2) is 67.3 Å². The van der Waals surface area contributed by atoms with Crippen LogP contribution in [0, 0.1) is 5.82 Å². The third kappa shape index (κ3) is 3.30. The van der Waals surface area contributed by atoms with Gasteiger partial charge in [-0.1, -0.05) is 36.4 Å². The van der Waals surface area contributed by atoms with Crippen LogP contribution in [0.5, 0.6) is 0 Å². The Kier molecular flexibility index (Phi) is 4.18. The normalized spacial score (nSPS) is 10.7. The quantitative estimate of drug-likeness (QED) is 0.580. The molecule has 2 aromatic carbocycles. The largest absolute Gasteiger partial charge is 0.382 e. The van der Waals surface area contributed by atoms with Crippen LogP contribution in [0.2, 0.25) is 0 Å². The SMILES string of the molecule is Nc1cnc(-c2ccc(-c3ccccc3-c3cncc(N)n3)c(F)c2)cn1. The highest BCUT2D eigenvalue weighted by Crippen LogP contribution is 2.34. The number of anilines is 2. The van der Waals surface area contributed by atoms with Crippen molar-refractivity contribution in [1.29, 1.82) is 0 Å². The first-order chi connectivity index (χ1) is 13.1. The standard InChI is InChI=1S/C20H15FN6/c21-16-7-12(17-9-26-19(22)11-25-17)5-6-14(16)13-3-1-2-4-15(13)18-8-24-10-20(23)27-18/h1-11H,(H2,22,26)(H2,23,27). The molecular formula is C20H15FN6. The van der Waals surface area contributed by atoms with Gasteiger partial charge in [0.25, 0.3) is 0 Å². The number of rotatable bonds is 3. The molecular weight excluding hydrogens is 343 g/mol.